The van der Waals surface area contributed by atoms with Gasteiger partial charge in [-0.1, -0.05) is 108 Å². The van der Waals surface area contributed by atoms with Crippen LogP contribution in [0.1, 0.15) is 91.7 Å². The van der Waals surface area contributed by atoms with Gasteiger partial charge in [-0.3, -0.25) is 0 Å². The summed E-state index contributed by atoms with van der Waals surface area (Å²) in [5.41, 5.74) is 6.78. The first-order valence-corrected chi connectivity index (χ1v) is 9.46. The van der Waals surface area contributed by atoms with Gasteiger partial charge in [-0.15, -0.1) is 0 Å². The topological polar surface area (TPSA) is 0 Å². The molecule has 0 aliphatic rings. The number of benzene rings is 1. The fraction of sp³-hybridized carbons (Fsp3) is 0.565. The Morgan fingerprint density at radius 3 is 1.57 bits per heavy atom. The largest absolute Gasteiger partial charge is 0.0955 e. The van der Waals surface area contributed by atoms with Crippen LogP contribution in [0.25, 0.3) is 5.57 Å². The molecule has 0 N–H and O–H groups in total. The lowest BCUT2D eigenvalue weighted by molar-refractivity contribution is 0.806. The Balaban J connectivity index is 0. The number of aryl methyl sites for hydroxylation is 1. The van der Waals surface area contributed by atoms with Gasteiger partial charge in [0.05, 0.1) is 0 Å². The van der Waals surface area contributed by atoms with Crippen molar-refractivity contribution in [3.05, 3.63) is 53.1 Å². The molecule has 0 bridgehead atoms. The van der Waals surface area contributed by atoms with E-state index in [0.29, 0.717) is 0 Å². The summed E-state index contributed by atoms with van der Waals surface area (Å²) < 4.78 is 0. The van der Waals surface area contributed by atoms with Crippen molar-refractivity contribution in [1.82, 2.24) is 0 Å². The van der Waals surface area contributed by atoms with E-state index in [1.807, 2.05) is 13.8 Å². The van der Waals surface area contributed by atoms with Crippen molar-refractivity contribution in [3.63, 3.8) is 0 Å². The first kappa shape index (κ1) is 24.0. The molecule has 0 amide bonds. The van der Waals surface area contributed by atoms with Gasteiger partial charge < -0.3 is 0 Å². The van der Waals surface area contributed by atoms with Crippen LogP contribution in [0.5, 0.6) is 0 Å². The van der Waals surface area contributed by atoms with E-state index in [-0.39, 0.29) is 0 Å². The minimum Gasteiger partial charge on any atom is -0.0955 e. The molecular formula is C23H40. The lowest BCUT2D eigenvalue weighted by atomic mass is 9.90. The number of hydrogen-bond acceptors (Lipinski definition) is 0. The average Bonchev–Trinajstić information content (AvgIpc) is 2.52. The molecule has 1 aromatic rings. The Bertz CT molecular complexity index is 424. The van der Waals surface area contributed by atoms with E-state index in [4.69, 9.17) is 0 Å². The minimum absolute atomic E-state index is 1.18. The van der Waals surface area contributed by atoms with Gasteiger partial charge in [-0.05, 0) is 37.8 Å². The summed E-state index contributed by atoms with van der Waals surface area (Å²) in [6.07, 6.45) is 6.03. The van der Waals surface area contributed by atoms with Crippen molar-refractivity contribution in [2.45, 2.75) is 87.5 Å². The smallest absolute Gasteiger partial charge is 0.0169 e. The Morgan fingerprint density at radius 1 is 0.870 bits per heavy atom. The van der Waals surface area contributed by atoms with Gasteiger partial charge in [-0.25, -0.2) is 0 Å². The zero-order chi connectivity index (χ0) is 18.3. The summed E-state index contributed by atoms with van der Waals surface area (Å²) in [7, 11) is 0. The predicted octanol–water partition coefficient (Wildman–Crippen LogP) is 8.37. The van der Waals surface area contributed by atoms with Gasteiger partial charge in [0.25, 0.3) is 0 Å². The van der Waals surface area contributed by atoms with Crippen LogP contribution >= 0.6 is 0 Å². The highest BCUT2D eigenvalue weighted by Gasteiger charge is 2.09. The van der Waals surface area contributed by atoms with Gasteiger partial charge >= 0.3 is 0 Å². The van der Waals surface area contributed by atoms with Gasteiger partial charge in [0.15, 0.2) is 0 Å². The molecule has 0 saturated carbocycles. The standard InChI is InChI=1S/C18H26.C3H8.C2H6/c1-6-8-16(9-7-2)18(14(3)4)17-12-10-15(5)11-13-17;1-3-2;1-2/h10-13H,3,6-9H2,1-2,4-5H3;3H2,1-2H3;1-2H3. The van der Waals surface area contributed by atoms with Gasteiger partial charge in [0, 0.05) is 0 Å². The Labute approximate surface area is 146 Å². The highest BCUT2D eigenvalue weighted by atomic mass is 14.1. The molecule has 132 valence electrons. The number of rotatable bonds is 6. The molecule has 0 aliphatic carbocycles. The molecule has 0 nitrogen and oxygen atoms in total. The molecule has 23 heavy (non-hydrogen) atoms. The second-order valence-electron chi connectivity index (χ2n) is 5.83. The van der Waals surface area contributed by atoms with Gasteiger partial charge in [0.2, 0.25) is 0 Å². The van der Waals surface area contributed by atoms with E-state index >= 15 is 0 Å². The van der Waals surface area contributed by atoms with Crippen LogP contribution in [-0.2, 0) is 0 Å². The van der Waals surface area contributed by atoms with Crippen molar-refractivity contribution >= 4 is 5.57 Å². The second kappa shape index (κ2) is 15.6. The van der Waals surface area contributed by atoms with Crippen LogP contribution in [0.3, 0.4) is 0 Å². The molecule has 0 heteroatoms. The number of allylic oxidation sites excluding steroid dienone is 3. The van der Waals surface area contributed by atoms with E-state index in [0.717, 1.165) is 0 Å². The maximum Gasteiger partial charge on any atom is -0.0169 e. The van der Waals surface area contributed by atoms with Crippen LogP contribution in [-0.4, -0.2) is 0 Å². The molecular weight excluding hydrogens is 276 g/mol. The minimum atomic E-state index is 1.18. The summed E-state index contributed by atoms with van der Waals surface area (Å²) in [6.45, 7) is 21.2. The van der Waals surface area contributed by atoms with Crippen molar-refractivity contribution in [2.75, 3.05) is 0 Å². The third-order valence-corrected chi connectivity index (χ3v) is 3.22. The lowest BCUT2D eigenvalue weighted by Crippen LogP contribution is -1.94. The highest BCUT2D eigenvalue weighted by molar-refractivity contribution is 5.80. The zero-order valence-corrected chi connectivity index (χ0v) is 17.1. The van der Waals surface area contributed by atoms with Crippen molar-refractivity contribution < 1.29 is 0 Å². The molecule has 0 heterocycles. The molecule has 0 spiro atoms. The molecule has 1 aromatic carbocycles. The van der Waals surface area contributed by atoms with E-state index in [1.165, 1.54) is 54.4 Å². The van der Waals surface area contributed by atoms with E-state index in [1.54, 1.807) is 5.57 Å². The summed E-state index contributed by atoms with van der Waals surface area (Å²) in [6, 6.07) is 8.83. The Hall–Kier alpha value is -1.30. The highest BCUT2D eigenvalue weighted by Crippen LogP contribution is 2.30. The average molecular weight is 317 g/mol. The van der Waals surface area contributed by atoms with Crippen LogP contribution in [0, 0.1) is 6.92 Å². The summed E-state index contributed by atoms with van der Waals surface area (Å²) in [4.78, 5) is 0. The third kappa shape index (κ3) is 10.2. The van der Waals surface area contributed by atoms with E-state index in [2.05, 4.69) is 72.4 Å². The van der Waals surface area contributed by atoms with Crippen LogP contribution in [0.15, 0.2) is 42.0 Å². The normalized spacial score (nSPS) is 9.04. The summed E-state index contributed by atoms with van der Waals surface area (Å²) in [5, 5.41) is 0. The maximum atomic E-state index is 4.18. The zero-order valence-electron chi connectivity index (χ0n) is 17.1. The Morgan fingerprint density at radius 2 is 1.26 bits per heavy atom. The van der Waals surface area contributed by atoms with Gasteiger partial charge in [-0.2, -0.15) is 0 Å². The maximum absolute atomic E-state index is 4.18. The molecule has 1 rings (SSSR count). The van der Waals surface area contributed by atoms with E-state index in [9.17, 15) is 0 Å². The first-order chi connectivity index (χ1) is 11.0. The summed E-state index contributed by atoms with van der Waals surface area (Å²) in [5.74, 6) is 0. The quantitative estimate of drug-likeness (QED) is 0.462. The van der Waals surface area contributed by atoms with Crippen LogP contribution in [0.4, 0.5) is 0 Å². The van der Waals surface area contributed by atoms with E-state index < -0.39 is 0 Å². The van der Waals surface area contributed by atoms with Crippen LogP contribution in [0.2, 0.25) is 0 Å². The lowest BCUT2D eigenvalue weighted by Gasteiger charge is -2.16. The SMILES string of the molecule is C=C(C)C(=C(CCC)CCC)c1ccc(C)cc1.CC.CCC. The number of hydrogen-bond donors (Lipinski definition) is 0. The molecule has 0 atom stereocenters. The molecule has 0 fully saturated rings. The first-order valence-electron chi connectivity index (χ1n) is 9.46. The molecule has 0 aliphatic heterocycles. The molecule has 0 saturated heterocycles. The van der Waals surface area contributed by atoms with Crippen LogP contribution < -0.4 is 0 Å². The second-order valence-corrected chi connectivity index (χ2v) is 5.83. The fourth-order valence-corrected chi connectivity index (χ4v) is 2.45. The predicted molar refractivity (Wildman–Crippen MR) is 110 cm³/mol. The fourth-order valence-electron chi connectivity index (χ4n) is 2.45. The Kier molecular flexibility index (Phi) is 16.2. The monoisotopic (exact) mass is 316 g/mol. The third-order valence-electron chi connectivity index (χ3n) is 3.22. The molecule has 0 aromatic heterocycles. The van der Waals surface area contributed by atoms with Crippen molar-refractivity contribution in [2.24, 2.45) is 0 Å². The van der Waals surface area contributed by atoms with Crippen molar-refractivity contribution in [3.8, 4) is 0 Å². The summed E-state index contributed by atoms with van der Waals surface area (Å²) >= 11 is 0. The molecule has 0 unspecified atom stereocenters. The van der Waals surface area contributed by atoms with Gasteiger partial charge in [0.1, 0.15) is 0 Å². The molecule has 0 radical (unpaired) electrons. The van der Waals surface area contributed by atoms with Crippen molar-refractivity contribution in [1.29, 1.82) is 0 Å².